The standard InChI is InChI=1S/C14H12FN3S/c15-12-7-11(4-5-13(12)16)19-9-10-8-18-6-2-1-3-14(18)17-10/h1-8H,9,16H2. The zero-order valence-corrected chi connectivity index (χ0v) is 10.9. The lowest BCUT2D eigenvalue weighted by Crippen LogP contribution is -1.90. The van der Waals surface area contributed by atoms with Gasteiger partial charge in [0.05, 0.1) is 11.4 Å². The molecule has 0 spiro atoms. The Hall–Kier alpha value is -2.01. The molecular formula is C14H12FN3S. The molecule has 96 valence electrons. The summed E-state index contributed by atoms with van der Waals surface area (Å²) in [7, 11) is 0. The molecule has 0 amide bonds. The highest BCUT2D eigenvalue weighted by atomic mass is 32.2. The summed E-state index contributed by atoms with van der Waals surface area (Å²) < 4.78 is 15.3. The van der Waals surface area contributed by atoms with Crippen molar-refractivity contribution in [1.29, 1.82) is 0 Å². The molecule has 0 radical (unpaired) electrons. The second-order valence-corrected chi connectivity index (χ2v) is 5.22. The first-order chi connectivity index (χ1) is 9.22. The van der Waals surface area contributed by atoms with Gasteiger partial charge in [-0.2, -0.15) is 0 Å². The van der Waals surface area contributed by atoms with Crippen LogP contribution in [0.5, 0.6) is 0 Å². The third-order valence-corrected chi connectivity index (χ3v) is 3.80. The van der Waals surface area contributed by atoms with Gasteiger partial charge in [0.15, 0.2) is 0 Å². The van der Waals surface area contributed by atoms with Crippen LogP contribution in [-0.4, -0.2) is 9.38 Å². The van der Waals surface area contributed by atoms with E-state index in [0.717, 1.165) is 16.2 Å². The average Bonchev–Trinajstić information content (AvgIpc) is 2.83. The summed E-state index contributed by atoms with van der Waals surface area (Å²) in [6.07, 6.45) is 3.94. The Balaban J connectivity index is 1.76. The van der Waals surface area contributed by atoms with Crippen LogP contribution in [0.25, 0.3) is 5.65 Å². The smallest absolute Gasteiger partial charge is 0.147 e. The number of fused-ring (bicyclic) bond motifs is 1. The molecule has 3 aromatic rings. The highest BCUT2D eigenvalue weighted by molar-refractivity contribution is 7.98. The molecule has 0 aliphatic carbocycles. The van der Waals surface area contributed by atoms with E-state index in [1.165, 1.54) is 6.07 Å². The lowest BCUT2D eigenvalue weighted by Gasteiger charge is -2.01. The van der Waals surface area contributed by atoms with Crippen LogP contribution >= 0.6 is 11.8 Å². The molecule has 3 rings (SSSR count). The van der Waals surface area contributed by atoms with Gasteiger partial charge in [-0.25, -0.2) is 9.37 Å². The third-order valence-electron chi connectivity index (χ3n) is 2.77. The van der Waals surface area contributed by atoms with Crippen molar-refractivity contribution < 1.29 is 4.39 Å². The van der Waals surface area contributed by atoms with Gasteiger partial charge in [-0.1, -0.05) is 6.07 Å². The summed E-state index contributed by atoms with van der Waals surface area (Å²) in [4.78, 5) is 5.34. The topological polar surface area (TPSA) is 43.3 Å². The first-order valence-electron chi connectivity index (χ1n) is 5.83. The number of anilines is 1. The van der Waals surface area contributed by atoms with Crippen molar-refractivity contribution in [3.05, 3.63) is 60.3 Å². The summed E-state index contributed by atoms with van der Waals surface area (Å²) in [6.45, 7) is 0. The van der Waals surface area contributed by atoms with E-state index in [0.29, 0.717) is 5.75 Å². The van der Waals surface area contributed by atoms with Gasteiger partial charge in [0.25, 0.3) is 0 Å². The van der Waals surface area contributed by atoms with Crippen LogP contribution in [0.3, 0.4) is 0 Å². The number of imidazole rings is 1. The SMILES string of the molecule is Nc1ccc(SCc2cn3ccccc3n2)cc1F. The van der Waals surface area contributed by atoms with Crippen LogP contribution in [0.1, 0.15) is 5.69 Å². The van der Waals surface area contributed by atoms with Gasteiger partial charge in [-0.3, -0.25) is 0 Å². The summed E-state index contributed by atoms with van der Waals surface area (Å²) in [5.74, 6) is 0.324. The zero-order valence-electron chi connectivity index (χ0n) is 10.1. The molecule has 0 unspecified atom stereocenters. The Labute approximate surface area is 114 Å². The Morgan fingerprint density at radius 3 is 2.95 bits per heavy atom. The van der Waals surface area contributed by atoms with Crippen LogP contribution in [0.2, 0.25) is 0 Å². The number of nitrogens with zero attached hydrogens (tertiary/aromatic N) is 2. The van der Waals surface area contributed by atoms with Gasteiger partial charge in [0.1, 0.15) is 11.5 Å². The van der Waals surface area contributed by atoms with Crippen molar-refractivity contribution in [2.45, 2.75) is 10.6 Å². The van der Waals surface area contributed by atoms with Gasteiger partial charge < -0.3 is 10.1 Å². The largest absolute Gasteiger partial charge is 0.396 e. The zero-order chi connectivity index (χ0) is 13.2. The number of pyridine rings is 1. The van der Waals surface area contributed by atoms with Crippen LogP contribution < -0.4 is 5.73 Å². The van der Waals surface area contributed by atoms with Crippen LogP contribution in [0.4, 0.5) is 10.1 Å². The second-order valence-electron chi connectivity index (χ2n) is 4.17. The van der Waals surface area contributed by atoms with Crippen molar-refractivity contribution in [1.82, 2.24) is 9.38 Å². The minimum atomic E-state index is -0.375. The molecule has 0 fully saturated rings. The number of benzene rings is 1. The molecule has 2 heterocycles. The Morgan fingerprint density at radius 2 is 2.16 bits per heavy atom. The number of nitrogen functional groups attached to an aromatic ring is 1. The number of nitrogens with two attached hydrogens (primary N) is 1. The number of hydrogen-bond donors (Lipinski definition) is 1. The first kappa shape index (κ1) is 12.0. The van der Waals surface area contributed by atoms with Gasteiger partial charge >= 0.3 is 0 Å². The predicted molar refractivity (Wildman–Crippen MR) is 75.6 cm³/mol. The monoisotopic (exact) mass is 273 g/mol. The molecule has 5 heteroatoms. The van der Waals surface area contributed by atoms with E-state index in [1.807, 2.05) is 41.1 Å². The molecule has 0 saturated carbocycles. The van der Waals surface area contributed by atoms with E-state index in [-0.39, 0.29) is 11.5 Å². The predicted octanol–water partition coefficient (Wildman–Crippen LogP) is 3.35. The van der Waals surface area contributed by atoms with Crippen molar-refractivity contribution in [2.75, 3.05) is 5.73 Å². The lowest BCUT2D eigenvalue weighted by atomic mass is 10.3. The number of aromatic nitrogens is 2. The number of hydrogen-bond acceptors (Lipinski definition) is 3. The molecule has 0 atom stereocenters. The van der Waals surface area contributed by atoms with Crippen LogP contribution in [0.15, 0.2) is 53.7 Å². The van der Waals surface area contributed by atoms with E-state index in [1.54, 1.807) is 17.8 Å². The molecule has 2 N–H and O–H groups in total. The molecule has 19 heavy (non-hydrogen) atoms. The molecule has 3 nitrogen and oxygen atoms in total. The lowest BCUT2D eigenvalue weighted by molar-refractivity contribution is 0.629. The number of halogens is 1. The van der Waals surface area contributed by atoms with Gasteiger partial charge in [0, 0.05) is 23.0 Å². The van der Waals surface area contributed by atoms with Gasteiger partial charge in [-0.05, 0) is 30.3 Å². The maximum absolute atomic E-state index is 13.3. The highest BCUT2D eigenvalue weighted by Crippen LogP contribution is 2.25. The molecule has 0 saturated heterocycles. The highest BCUT2D eigenvalue weighted by Gasteiger charge is 2.04. The quantitative estimate of drug-likeness (QED) is 0.588. The number of thioether (sulfide) groups is 1. The Bertz CT molecular complexity index is 691. The summed E-state index contributed by atoms with van der Waals surface area (Å²) in [5.41, 5.74) is 7.51. The van der Waals surface area contributed by atoms with E-state index in [2.05, 4.69) is 4.98 Å². The molecule has 0 aliphatic heterocycles. The van der Waals surface area contributed by atoms with E-state index in [9.17, 15) is 4.39 Å². The summed E-state index contributed by atoms with van der Waals surface area (Å²) in [5, 5.41) is 0. The normalized spacial score (nSPS) is 11.0. The van der Waals surface area contributed by atoms with Crippen molar-refractivity contribution in [2.24, 2.45) is 0 Å². The maximum atomic E-state index is 13.3. The second kappa shape index (κ2) is 4.93. The van der Waals surface area contributed by atoms with Crippen molar-refractivity contribution in [3.8, 4) is 0 Å². The molecular weight excluding hydrogens is 261 g/mol. The Kier molecular flexibility index (Phi) is 3.13. The minimum Gasteiger partial charge on any atom is -0.396 e. The van der Waals surface area contributed by atoms with E-state index >= 15 is 0 Å². The van der Waals surface area contributed by atoms with Crippen molar-refractivity contribution >= 4 is 23.1 Å². The molecule has 0 bridgehead atoms. The fourth-order valence-corrected chi connectivity index (χ4v) is 2.62. The Morgan fingerprint density at radius 1 is 1.26 bits per heavy atom. The van der Waals surface area contributed by atoms with E-state index in [4.69, 9.17) is 5.73 Å². The summed E-state index contributed by atoms with van der Waals surface area (Å²) in [6, 6.07) is 10.7. The molecule has 1 aromatic carbocycles. The fraction of sp³-hybridized carbons (Fsp3) is 0.0714. The third kappa shape index (κ3) is 2.56. The maximum Gasteiger partial charge on any atom is 0.147 e. The number of rotatable bonds is 3. The van der Waals surface area contributed by atoms with E-state index < -0.39 is 0 Å². The van der Waals surface area contributed by atoms with Gasteiger partial charge in [-0.15, -0.1) is 11.8 Å². The fourth-order valence-electron chi connectivity index (χ4n) is 1.81. The van der Waals surface area contributed by atoms with Crippen LogP contribution in [0, 0.1) is 5.82 Å². The van der Waals surface area contributed by atoms with Crippen LogP contribution in [-0.2, 0) is 5.75 Å². The van der Waals surface area contributed by atoms with Crippen molar-refractivity contribution in [3.63, 3.8) is 0 Å². The average molecular weight is 273 g/mol. The molecule has 0 aliphatic rings. The summed E-state index contributed by atoms with van der Waals surface area (Å²) >= 11 is 1.54. The first-order valence-corrected chi connectivity index (χ1v) is 6.81. The molecule has 2 aromatic heterocycles. The van der Waals surface area contributed by atoms with Gasteiger partial charge in [0.2, 0.25) is 0 Å². The minimum absolute atomic E-state index is 0.178.